The Labute approximate surface area is 148 Å². The van der Waals surface area contributed by atoms with Crippen LogP contribution in [0, 0.1) is 11.6 Å². The van der Waals surface area contributed by atoms with Gasteiger partial charge in [-0.3, -0.25) is 9.78 Å². The van der Waals surface area contributed by atoms with Crippen LogP contribution in [0.4, 0.5) is 8.78 Å². The zero-order valence-corrected chi connectivity index (χ0v) is 14.1. The second-order valence-corrected chi connectivity index (χ2v) is 7.90. The standard InChI is InChI=1S/C18H16F2N2O2S/c19-15-4-3-12(6-16(15)20)17(23)22-10-18(11-22)7-14(9-25-18)24-13-2-1-5-21-8-13/h1-6,8,14H,7,9-11H2/t14-/m0/s1. The number of amides is 1. The van der Waals surface area contributed by atoms with Crippen LogP contribution in [0.5, 0.6) is 5.75 Å². The van der Waals surface area contributed by atoms with Crippen molar-refractivity contribution in [2.24, 2.45) is 0 Å². The molecule has 4 rings (SSSR count). The van der Waals surface area contributed by atoms with Crippen LogP contribution < -0.4 is 4.74 Å². The highest BCUT2D eigenvalue weighted by atomic mass is 32.2. The van der Waals surface area contributed by atoms with Crippen molar-refractivity contribution in [1.29, 1.82) is 0 Å². The minimum absolute atomic E-state index is 0.00110. The quantitative estimate of drug-likeness (QED) is 0.841. The van der Waals surface area contributed by atoms with Gasteiger partial charge in [-0.2, -0.15) is 0 Å². The number of carbonyl (C=O) groups is 1. The minimum Gasteiger partial charge on any atom is -0.488 e. The predicted octanol–water partition coefficient (Wildman–Crippen LogP) is 3.14. The third-order valence-electron chi connectivity index (χ3n) is 4.52. The first-order chi connectivity index (χ1) is 12.0. The highest BCUT2D eigenvalue weighted by molar-refractivity contribution is 8.01. The fraction of sp³-hybridized carbons (Fsp3) is 0.333. The van der Waals surface area contributed by atoms with Gasteiger partial charge in [0.1, 0.15) is 11.9 Å². The summed E-state index contributed by atoms with van der Waals surface area (Å²) in [6.45, 7) is 1.20. The molecule has 2 aromatic rings. The van der Waals surface area contributed by atoms with Gasteiger partial charge in [0.2, 0.25) is 0 Å². The molecule has 2 aliphatic rings. The number of pyridine rings is 1. The SMILES string of the molecule is O=C(c1ccc(F)c(F)c1)N1CC2(C[C@H](Oc3cccnc3)CS2)C1. The third-order valence-corrected chi connectivity index (χ3v) is 6.10. The first-order valence-corrected chi connectivity index (χ1v) is 8.98. The number of hydrogen-bond donors (Lipinski definition) is 0. The molecule has 1 aromatic heterocycles. The summed E-state index contributed by atoms with van der Waals surface area (Å²) in [5, 5.41) is 0. The molecule has 2 saturated heterocycles. The number of hydrogen-bond acceptors (Lipinski definition) is 4. The summed E-state index contributed by atoms with van der Waals surface area (Å²) >= 11 is 1.81. The molecular formula is C18H16F2N2O2S. The van der Waals surface area contributed by atoms with E-state index in [1.807, 2.05) is 23.9 Å². The van der Waals surface area contributed by atoms with E-state index in [4.69, 9.17) is 4.74 Å². The Morgan fingerprint density at radius 1 is 1.28 bits per heavy atom. The molecule has 3 heterocycles. The highest BCUT2D eigenvalue weighted by Crippen LogP contribution is 2.46. The number of rotatable bonds is 3. The van der Waals surface area contributed by atoms with Crippen LogP contribution in [0.2, 0.25) is 0 Å². The Morgan fingerprint density at radius 3 is 2.84 bits per heavy atom. The zero-order chi connectivity index (χ0) is 17.4. The number of ether oxygens (including phenoxy) is 1. The van der Waals surface area contributed by atoms with E-state index in [1.165, 1.54) is 6.07 Å². The van der Waals surface area contributed by atoms with Crippen molar-refractivity contribution in [3.05, 3.63) is 59.9 Å². The second kappa shape index (κ2) is 6.29. The van der Waals surface area contributed by atoms with Gasteiger partial charge in [-0.25, -0.2) is 8.78 Å². The number of benzene rings is 1. The van der Waals surface area contributed by atoms with Crippen molar-refractivity contribution < 1.29 is 18.3 Å². The lowest BCUT2D eigenvalue weighted by Gasteiger charge is -2.47. The third kappa shape index (κ3) is 3.20. The molecule has 1 spiro atoms. The number of likely N-dealkylation sites (tertiary alicyclic amines) is 1. The molecule has 0 N–H and O–H groups in total. The molecule has 1 amide bonds. The van der Waals surface area contributed by atoms with Gasteiger partial charge in [0, 0.05) is 37.0 Å². The summed E-state index contributed by atoms with van der Waals surface area (Å²) in [5.74, 6) is -0.595. The van der Waals surface area contributed by atoms with Crippen molar-refractivity contribution in [2.45, 2.75) is 17.3 Å². The Kier molecular flexibility index (Phi) is 4.11. The fourth-order valence-electron chi connectivity index (χ4n) is 3.31. The average Bonchev–Trinajstić information content (AvgIpc) is 3.00. The monoisotopic (exact) mass is 362 g/mol. The lowest BCUT2D eigenvalue weighted by molar-refractivity contribution is 0.0517. The van der Waals surface area contributed by atoms with E-state index in [2.05, 4.69) is 4.98 Å². The number of carbonyl (C=O) groups excluding carboxylic acids is 1. The largest absolute Gasteiger partial charge is 0.488 e. The van der Waals surface area contributed by atoms with Gasteiger partial charge < -0.3 is 9.64 Å². The van der Waals surface area contributed by atoms with E-state index in [9.17, 15) is 13.6 Å². The molecule has 0 unspecified atom stereocenters. The van der Waals surface area contributed by atoms with E-state index < -0.39 is 11.6 Å². The molecule has 0 saturated carbocycles. The van der Waals surface area contributed by atoms with Crippen LogP contribution >= 0.6 is 11.8 Å². The van der Waals surface area contributed by atoms with E-state index in [1.54, 1.807) is 17.3 Å². The molecule has 25 heavy (non-hydrogen) atoms. The lowest BCUT2D eigenvalue weighted by atomic mass is 9.92. The predicted molar refractivity (Wildman–Crippen MR) is 90.7 cm³/mol. The van der Waals surface area contributed by atoms with E-state index >= 15 is 0 Å². The molecule has 0 aliphatic carbocycles. The van der Waals surface area contributed by atoms with Crippen LogP contribution in [0.25, 0.3) is 0 Å². The number of aromatic nitrogens is 1. The Morgan fingerprint density at radius 2 is 2.12 bits per heavy atom. The molecule has 4 nitrogen and oxygen atoms in total. The Bertz CT molecular complexity index is 797. The Balaban J connectivity index is 1.35. The van der Waals surface area contributed by atoms with Gasteiger partial charge in [-0.05, 0) is 30.3 Å². The maximum Gasteiger partial charge on any atom is 0.254 e. The molecule has 1 aromatic carbocycles. The van der Waals surface area contributed by atoms with Crippen molar-refractivity contribution in [2.75, 3.05) is 18.8 Å². The normalized spacial score (nSPS) is 21.2. The van der Waals surface area contributed by atoms with Gasteiger partial charge in [0.15, 0.2) is 11.6 Å². The lowest BCUT2D eigenvalue weighted by Crippen LogP contribution is -2.60. The molecule has 2 fully saturated rings. The number of nitrogens with zero attached hydrogens (tertiary/aromatic N) is 2. The van der Waals surface area contributed by atoms with Gasteiger partial charge in [0.05, 0.1) is 10.9 Å². The van der Waals surface area contributed by atoms with Crippen molar-refractivity contribution in [3.8, 4) is 5.75 Å². The molecule has 0 bridgehead atoms. The van der Waals surface area contributed by atoms with Crippen LogP contribution in [-0.4, -0.2) is 45.5 Å². The average molecular weight is 362 g/mol. The van der Waals surface area contributed by atoms with Gasteiger partial charge in [-0.1, -0.05) is 0 Å². The number of thioether (sulfide) groups is 1. The van der Waals surface area contributed by atoms with E-state index in [0.29, 0.717) is 13.1 Å². The van der Waals surface area contributed by atoms with Gasteiger partial charge in [-0.15, -0.1) is 11.8 Å². The first-order valence-electron chi connectivity index (χ1n) is 8.00. The van der Waals surface area contributed by atoms with Crippen LogP contribution in [0.1, 0.15) is 16.8 Å². The van der Waals surface area contributed by atoms with Crippen molar-refractivity contribution >= 4 is 17.7 Å². The van der Waals surface area contributed by atoms with Crippen molar-refractivity contribution in [3.63, 3.8) is 0 Å². The van der Waals surface area contributed by atoms with Crippen LogP contribution in [-0.2, 0) is 0 Å². The molecule has 2 aliphatic heterocycles. The van der Waals surface area contributed by atoms with Gasteiger partial charge >= 0.3 is 0 Å². The summed E-state index contributed by atoms with van der Waals surface area (Å²) in [6.07, 6.45) is 4.34. The highest BCUT2D eigenvalue weighted by Gasteiger charge is 2.51. The topological polar surface area (TPSA) is 42.4 Å². The summed E-state index contributed by atoms with van der Waals surface area (Å²) in [5.41, 5.74) is 0.180. The summed E-state index contributed by atoms with van der Waals surface area (Å²) in [4.78, 5) is 18.1. The molecular weight excluding hydrogens is 346 g/mol. The molecule has 1 atom stereocenters. The maximum atomic E-state index is 13.3. The summed E-state index contributed by atoms with van der Waals surface area (Å²) in [7, 11) is 0. The number of halogens is 2. The van der Waals surface area contributed by atoms with Crippen LogP contribution in [0.15, 0.2) is 42.7 Å². The maximum absolute atomic E-state index is 13.3. The van der Waals surface area contributed by atoms with E-state index in [0.717, 1.165) is 30.1 Å². The molecule has 130 valence electrons. The second-order valence-electron chi connectivity index (χ2n) is 6.42. The molecule has 0 radical (unpaired) electrons. The smallest absolute Gasteiger partial charge is 0.254 e. The Hall–Kier alpha value is -2.15. The summed E-state index contributed by atoms with van der Waals surface area (Å²) < 4.78 is 32.2. The van der Waals surface area contributed by atoms with Crippen molar-refractivity contribution in [1.82, 2.24) is 9.88 Å². The van der Waals surface area contributed by atoms with Crippen LogP contribution in [0.3, 0.4) is 0 Å². The minimum atomic E-state index is -0.999. The fourth-order valence-corrected chi connectivity index (χ4v) is 4.84. The van der Waals surface area contributed by atoms with E-state index in [-0.39, 0.29) is 22.3 Å². The first kappa shape index (κ1) is 16.3. The zero-order valence-electron chi connectivity index (χ0n) is 13.3. The molecule has 7 heteroatoms. The van der Waals surface area contributed by atoms with Gasteiger partial charge in [0.25, 0.3) is 5.91 Å². The summed E-state index contributed by atoms with van der Waals surface area (Å²) in [6, 6.07) is 6.97.